The van der Waals surface area contributed by atoms with Gasteiger partial charge in [0, 0.05) is 11.8 Å². The zero-order valence-electron chi connectivity index (χ0n) is 10.7. The third-order valence-electron chi connectivity index (χ3n) is 2.55. The Morgan fingerprint density at radius 1 is 1.42 bits per heavy atom. The standard InChI is InChI=1S/C12H15N5O2/c1-7-10(13)11(17-16-7)15-12(18)14-8-4-3-5-9(6-8)19-2/h3-6H,13H2,1-2H3,(H3,14,15,16,17,18). The molecule has 0 spiro atoms. The average Bonchev–Trinajstić information content (AvgIpc) is 2.71. The van der Waals surface area contributed by atoms with Crippen molar-refractivity contribution in [2.24, 2.45) is 0 Å². The maximum atomic E-state index is 11.8. The SMILES string of the molecule is COc1cccc(NC(=O)Nc2n[nH]c(C)c2N)c1. The van der Waals surface area contributed by atoms with Crippen LogP contribution in [0.4, 0.5) is 22.0 Å². The second-order valence-corrected chi connectivity index (χ2v) is 3.92. The lowest BCUT2D eigenvalue weighted by molar-refractivity contribution is 0.262. The van der Waals surface area contributed by atoms with E-state index in [2.05, 4.69) is 20.8 Å². The van der Waals surface area contributed by atoms with Crippen LogP contribution in [0.25, 0.3) is 0 Å². The van der Waals surface area contributed by atoms with Crippen LogP contribution in [0.1, 0.15) is 5.69 Å². The molecule has 0 saturated carbocycles. The summed E-state index contributed by atoms with van der Waals surface area (Å²) in [6.07, 6.45) is 0. The number of anilines is 3. The number of carbonyl (C=O) groups excluding carboxylic acids is 1. The monoisotopic (exact) mass is 261 g/mol. The third-order valence-corrected chi connectivity index (χ3v) is 2.55. The minimum atomic E-state index is -0.425. The number of aryl methyl sites for hydroxylation is 1. The van der Waals surface area contributed by atoms with E-state index in [4.69, 9.17) is 10.5 Å². The van der Waals surface area contributed by atoms with Crippen LogP contribution >= 0.6 is 0 Å². The van der Waals surface area contributed by atoms with Gasteiger partial charge in [-0.1, -0.05) is 6.07 Å². The summed E-state index contributed by atoms with van der Waals surface area (Å²) in [4.78, 5) is 11.8. The van der Waals surface area contributed by atoms with Crippen LogP contribution in [0.5, 0.6) is 5.75 Å². The Kier molecular flexibility index (Phi) is 3.56. The molecule has 100 valence electrons. The molecule has 0 bridgehead atoms. The molecule has 5 N–H and O–H groups in total. The molecular formula is C12H15N5O2. The van der Waals surface area contributed by atoms with Gasteiger partial charge in [0.25, 0.3) is 0 Å². The predicted molar refractivity (Wildman–Crippen MR) is 73.4 cm³/mol. The van der Waals surface area contributed by atoms with E-state index in [1.165, 1.54) is 0 Å². The molecule has 0 fully saturated rings. The number of urea groups is 1. The maximum absolute atomic E-state index is 11.8. The number of hydrogen-bond acceptors (Lipinski definition) is 4. The molecule has 1 aromatic carbocycles. The second kappa shape index (κ2) is 5.30. The summed E-state index contributed by atoms with van der Waals surface area (Å²) >= 11 is 0. The maximum Gasteiger partial charge on any atom is 0.324 e. The Hall–Kier alpha value is -2.70. The van der Waals surface area contributed by atoms with Crippen molar-refractivity contribution in [1.29, 1.82) is 0 Å². The molecule has 0 atom stereocenters. The minimum absolute atomic E-state index is 0.304. The van der Waals surface area contributed by atoms with Gasteiger partial charge in [-0.15, -0.1) is 0 Å². The lowest BCUT2D eigenvalue weighted by Gasteiger charge is -2.07. The van der Waals surface area contributed by atoms with Crippen LogP contribution in [0, 0.1) is 6.92 Å². The van der Waals surface area contributed by atoms with Crippen molar-refractivity contribution >= 4 is 23.2 Å². The van der Waals surface area contributed by atoms with E-state index in [0.717, 1.165) is 0 Å². The molecule has 2 amide bonds. The van der Waals surface area contributed by atoms with E-state index >= 15 is 0 Å². The molecule has 7 heteroatoms. The first-order valence-corrected chi connectivity index (χ1v) is 5.62. The number of nitrogens with two attached hydrogens (primary N) is 1. The minimum Gasteiger partial charge on any atom is -0.497 e. The Morgan fingerprint density at radius 3 is 2.84 bits per heavy atom. The van der Waals surface area contributed by atoms with E-state index < -0.39 is 6.03 Å². The van der Waals surface area contributed by atoms with E-state index in [1.54, 1.807) is 38.3 Å². The van der Waals surface area contributed by atoms with E-state index in [1.807, 2.05) is 0 Å². The average molecular weight is 261 g/mol. The molecule has 1 aromatic heterocycles. The summed E-state index contributed by atoms with van der Waals surface area (Å²) in [7, 11) is 1.56. The van der Waals surface area contributed by atoms with Crippen LogP contribution in [-0.2, 0) is 0 Å². The van der Waals surface area contributed by atoms with Crippen molar-refractivity contribution in [1.82, 2.24) is 10.2 Å². The lowest BCUT2D eigenvalue weighted by atomic mass is 10.3. The zero-order valence-corrected chi connectivity index (χ0v) is 10.7. The number of carbonyl (C=O) groups is 1. The predicted octanol–water partition coefficient (Wildman–Crippen LogP) is 1.95. The molecule has 19 heavy (non-hydrogen) atoms. The van der Waals surface area contributed by atoms with Crippen LogP contribution in [0.15, 0.2) is 24.3 Å². The molecule has 7 nitrogen and oxygen atoms in total. The van der Waals surface area contributed by atoms with Gasteiger partial charge in [0.15, 0.2) is 5.82 Å². The number of aromatic amines is 1. The number of ether oxygens (including phenoxy) is 1. The van der Waals surface area contributed by atoms with Crippen molar-refractivity contribution in [2.45, 2.75) is 6.92 Å². The Bertz CT molecular complexity index is 594. The number of nitrogens with one attached hydrogen (secondary N) is 3. The molecule has 0 aliphatic rings. The first kappa shape index (κ1) is 12.7. The highest BCUT2D eigenvalue weighted by molar-refractivity contribution is 6.00. The van der Waals surface area contributed by atoms with E-state index in [-0.39, 0.29) is 0 Å². The molecule has 0 aliphatic carbocycles. The van der Waals surface area contributed by atoms with Crippen LogP contribution in [0.2, 0.25) is 0 Å². The lowest BCUT2D eigenvalue weighted by Crippen LogP contribution is -2.20. The summed E-state index contributed by atoms with van der Waals surface area (Å²) in [5.74, 6) is 0.964. The molecule has 2 rings (SSSR count). The number of nitrogen functional groups attached to an aromatic ring is 1. The Labute approximate surface area is 110 Å². The van der Waals surface area contributed by atoms with E-state index in [9.17, 15) is 4.79 Å². The Balaban J connectivity index is 2.03. The molecule has 2 aromatic rings. The van der Waals surface area contributed by atoms with Crippen LogP contribution < -0.4 is 21.1 Å². The number of amides is 2. The smallest absolute Gasteiger partial charge is 0.324 e. The van der Waals surface area contributed by atoms with Crippen molar-refractivity contribution in [2.75, 3.05) is 23.5 Å². The topological polar surface area (TPSA) is 105 Å². The number of methoxy groups -OCH3 is 1. The largest absolute Gasteiger partial charge is 0.497 e. The van der Waals surface area contributed by atoms with Gasteiger partial charge in [-0.2, -0.15) is 5.10 Å². The highest BCUT2D eigenvalue weighted by Gasteiger charge is 2.10. The van der Waals surface area contributed by atoms with Gasteiger partial charge >= 0.3 is 6.03 Å². The summed E-state index contributed by atoms with van der Waals surface area (Å²) < 4.78 is 5.07. The normalized spacial score (nSPS) is 10.0. The fourth-order valence-electron chi connectivity index (χ4n) is 1.50. The van der Waals surface area contributed by atoms with Crippen molar-refractivity contribution in [3.05, 3.63) is 30.0 Å². The van der Waals surface area contributed by atoms with Gasteiger partial charge in [0.1, 0.15) is 5.75 Å². The number of nitrogens with zero attached hydrogens (tertiary/aromatic N) is 1. The van der Waals surface area contributed by atoms with Crippen LogP contribution in [0.3, 0.4) is 0 Å². The van der Waals surface area contributed by atoms with Crippen molar-refractivity contribution < 1.29 is 9.53 Å². The Morgan fingerprint density at radius 2 is 2.21 bits per heavy atom. The highest BCUT2D eigenvalue weighted by Crippen LogP contribution is 2.19. The molecule has 1 heterocycles. The highest BCUT2D eigenvalue weighted by atomic mass is 16.5. The fraction of sp³-hybridized carbons (Fsp3) is 0.167. The number of benzene rings is 1. The zero-order chi connectivity index (χ0) is 13.8. The summed E-state index contributed by atoms with van der Waals surface area (Å²) in [6.45, 7) is 1.77. The van der Waals surface area contributed by atoms with E-state index in [0.29, 0.717) is 28.6 Å². The van der Waals surface area contributed by atoms with Crippen molar-refractivity contribution in [3.8, 4) is 5.75 Å². The number of rotatable bonds is 3. The molecular weight excluding hydrogens is 246 g/mol. The molecule has 0 radical (unpaired) electrons. The van der Waals surface area contributed by atoms with Gasteiger partial charge < -0.3 is 15.8 Å². The first-order chi connectivity index (χ1) is 9.10. The summed E-state index contributed by atoms with van der Waals surface area (Å²) in [5.41, 5.74) is 7.47. The second-order valence-electron chi connectivity index (χ2n) is 3.92. The molecule has 0 saturated heterocycles. The third kappa shape index (κ3) is 2.95. The number of hydrogen-bond donors (Lipinski definition) is 4. The van der Waals surface area contributed by atoms with Crippen molar-refractivity contribution in [3.63, 3.8) is 0 Å². The van der Waals surface area contributed by atoms with Crippen LogP contribution in [-0.4, -0.2) is 23.3 Å². The summed E-state index contributed by atoms with van der Waals surface area (Å²) in [6, 6.07) is 6.60. The van der Waals surface area contributed by atoms with Gasteiger partial charge in [0.2, 0.25) is 0 Å². The fourth-order valence-corrected chi connectivity index (χ4v) is 1.50. The van der Waals surface area contributed by atoms with Gasteiger partial charge in [-0.3, -0.25) is 10.4 Å². The number of H-pyrrole nitrogens is 1. The van der Waals surface area contributed by atoms with Gasteiger partial charge in [0.05, 0.1) is 18.5 Å². The number of aromatic nitrogens is 2. The van der Waals surface area contributed by atoms with Gasteiger partial charge in [-0.25, -0.2) is 4.79 Å². The quantitative estimate of drug-likeness (QED) is 0.677. The van der Waals surface area contributed by atoms with Gasteiger partial charge in [-0.05, 0) is 19.1 Å². The molecule has 0 unspecified atom stereocenters. The first-order valence-electron chi connectivity index (χ1n) is 5.62. The molecule has 0 aliphatic heterocycles. The summed E-state index contributed by atoms with van der Waals surface area (Å²) in [5, 5.41) is 11.8.